The van der Waals surface area contributed by atoms with Crippen molar-refractivity contribution >= 4 is 11.9 Å². The van der Waals surface area contributed by atoms with Crippen LogP contribution < -0.4 is 0 Å². The molecule has 0 aliphatic rings. The molecular weight excluding hydrogens is 394 g/mol. The molecule has 0 bridgehead atoms. The van der Waals surface area contributed by atoms with Gasteiger partial charge in [-0.2, -0.15) is 0 Å². The largest absolute Gasteiger partial charge is 0.481 e. The zero-order valence-electron chi connectivity index (χ0n) is 20.2. The average molecular weight is 439 g/mol. The Morgan fingerprint density at radius 1 is 0.935 bits per heavy atom. The smallest absolute Gasteiger partial charge is 0.307 e. The van der Waals surface area contributed by atoms with Crippen molar-refractivity contribution in [2.45, 2.75) is 96.5 Å². The van der Waals surface area contributed by atoms with Gasteiger partial charge in [0, 0.05) is 19.3 Å². The summed E-state index contributed by atoms with van der Waals surface area (Å²) in [6.45, 7) is 2.72. The molecule has 0 radical (unpaired) electrons. The summed E-state index contributed by atoms with van der Waals surface area (Å²) >= 11 is 0. The molecule has 1 unspecified atom stereocenters. The summed E-state index contributed by atoms with van der Waals surface area (Å²) in [5, 5.41) is 9.03. The molecule has 0 aliphatic heterocycles. The molecule has 1 heterocycles. The monoisotopic (exact) mass is 438 g/mol. The van der Waals surface area contributed by atoms with Crippen LogP contribution in [-0.4, -0.2) is 55.3 Å². The number of hydrogen-bond acceptors (Lipinski definition) is 4. The van der Waals surface area contributed by atoms with E-state index in [-0.39, 0.29) is 12.4 Å². The first-order valence-electron chi connectivity index (χ1n) is 12.0. The lowest BCUT2D eigenvalue weighted by atomic mass is 10.1. The number of aryl methyl sites for hydroxylation is 2. The zero-order valence-corrected chi connectivity index (χ0v) is 20.2. The topological polar surface area (TPSA) is 76.7 Å². The summed E-state index contributed by atoms with van der Waals surface area (Å²) < 4.78 is 11.9. The maximum Gasteiger partial charge on any atom is 0.307 e. The minimum atomic E-state index is -0.941. The second kappa shape index (κ2) is 15.1. The van der Waals surface area contributed by atoms with E-state index in [9.17, 15) is 9.59 Å². The number of rotatable bonds is 18. The van der Waals surface area contributed by atoms with Gasteiger partial charge in [-0.25, -0.2) is 0 Å². The van der Waals surface area contributed by atoms with E-state index in [4.69, 9.17) is 14.3 Å². The van der Waals surface area contributed by atoms with Crippen molar-refractivity contribution in [1.29, 1.82) is 0 Å². The molecular formula is C25H44NO5+. The predicted octanol–water partition coefficient (Wildman–Crippen LogP) is 5.38. The van der Waals surface area contributed by atoms with E-state index in [1.165, 1.54) is 32.1 Å². The van der Waals surface area contributed by atoms with Crippen LogP contribution in [0.15, 0.2) is 16.5 Å². The lowest BCUT2D eigenvalue weighted by molar-refractivity contribution is -0.873. The minimum Gasteiger partial charge on any atom is -0.481 e. The second-order valence-electron chi connectivity index (χ2n) is 9.63. The van der Waals surface area contributed by atoms with Gasteiger partial charge in [0.05, 0.1) is 27.6 Å². The maximum atomic E-state index is 12.1. The molecule has 0 fully saturated rings. The van der Waals surface area contributed by atoms with Gasteiger partial charge in [0.2, 0.25) is 0 Å². The molecule has 0 spiro atoms. The Bertz CT molecular complexity index is 632. The highest BCUT2D eigenvalue weighted by atomic mass is 16.5. The van der Waals surface area contributed by atoms with E-state index in [0.29, 0.717) is 17.4 Å². The van der Waals surface area contributed by atoms with Gasteiger partial charge in [-0.3, -0.25) is 9.59 Å². The number of furan rings is 1. The van der Waals surface area contributed by atoms with Crippen molar-refractivity contribution in [3.63, 3.8) is 0 Å². The Morgan fingerprint density at radius 2 is 1.48 bits per heavy atom. The number of carbonyl (C=O) groups excluding carboxylic acids is 1. The second-order valence-corrected chi connectivity index (χ2v) is 9.63. The van der Waals surface area contributed by atoms with E-state index < -0.39 is 12.1 Å². The molecule has 0 amide bonds. The normalized spacial score (nSPS) is 12.6. The van der Waals surface area contributed by atoms with Gasteiger partial charge in [-0.15, -0.1) is 0 Å². The van der Waals surface area contributed by atoms with Crippen LogP contribution in [0.5, 0.6) is 0 Å². The number of hydrogen-bond donors (Lipinski definition) is 1. The summed E-state index contributed by atoms with van der Waals surface area (Å²) in [7, 11) is 5.87. The summed E-state index contributed by atoms with van der Waals surface area (Å²) in [6.07, 6.45) is 11.8. The Kier molecular flexibility index (Phi) is 13.2. The third-order valence-electron chi connectivity index (χ3n) is 5.25. The Hall–Kier alpha value is -1.82. The van der Waals surface area contributed by atoms with Crippen LogP contribution in [0, 0.1) is 0 Å². The fourth-order valence-electron chi connectivity index (χ4n) is 3.71. The van der Waals surface area contributed by atoms with Crippen molar-refractivity contribution in [1.82, 2.24) is 0 Å². The number of ether oxygens (including phenoxy) is 1. The molecule has 31 heavy (non-hydrogen) atoms. The third-order valence-corrected chi connectivity index (χ3v) is 5.25. The van der Waals surface area contributed by atoms with E-state index in [0.717, 1.165) is 50.0 Å². The van der Waals surface area contributed by atoms with Crippen molar-refractivity contribution in [3.8, 4) is 0 Å². The van der Waals surface area contributed by atoms with Crippen LogP contribution in [0.2, 0.25) is 0 Å². The molecule has 6 heteroatoms. The molecule has 1 atom stereocenters. The highest BCUT2D eigenvalue weighted by Crippen LogP contribution is 2.16. The highest BCUT2D eigenvalue weighted by Gasteiger charge is 2.24. The molecule has 1 rings (SSSR count). The first-order chi connectivity index (χ1) is 14.7. The van der Waals surface area contributed by atoms with E-state index in [2.05, 4.69) is 19.1 Å². The van der Waals surface area contributed by atoms with Gasteiger partial charge >= 0.3 is 11.9 Å². The van der Waals surface area contributed by atoms with Crippen LogP contribution >= 0.6 is 0 Å². The summed E-state index contributed by atoms with van der Waals surface area (Å²) in [5.74, 6) is 0.914. The third kappa shape index (κ3) is 14.8. The lowest BCUT2D eigenvalue weighted by Crippen LogP contribution is -2.43. The average Bonchev–Trinajstić information content (AvgIpc) is 3.10. The van der Waals surface area contributed by atoms with Gasteiger partial charge in [0.15, 0.2) is 6.10 Å². The molecule has 0 aliphatic carbocycles. The molecule has 0 saturated carbocycles. The van der Waals surface area contributed by atoms with Crippen LogP contribution in [0.3, 0.4) is 0 Å². The maximum absolute atomic E-state index is 12.1. The number of quaternary nitrogens is 1. The quantitative estimate of drug-likeness (QED) is 0.189. The van der Waals surface area contributed by atoms with Crippen LogP contribution in [0.1, 0.15) is 89.1 Å². The summed E-state index contributed by atoms with van der Waals surface area (Å²) in [5.41, 5.74) is 0. The zero-order chi connectivity index (χ0) is 23.1. The van der Waals surface area contributed by atoms with Gasteiger partial charge < -0.3 is 18.7 Å². The Balaban J connectivity index is 2.15. The van der Waals surface area contributed by atoms with E-state index in [1.54, 1.807) is 0 Å². The SMILES string of the molecule is CCCCCCCc1ccc(CCCCCCC(=O)OC(CC(=O)O)C[N+](C)(C)C)o1. The molecule has 1 N–H and O–H groups in total. The van der Waals surface area contributed by atoms with Crippen molar-refractivity contribution in [2.24, 2.45) is 0 Å². The predicted molar refractivity (Wildman–Crippen MR) is 123 cm³/mol. The van der Waals surface area contributed by atoms with Gasteiger partial charge in [0.25, 0.3) is 0 Å². The van der Waals surface area contributed by atoms with Gasteiger partial charge in [0.1, 0.15) is 18.1 Å². The first-order valence-corrected chi connectivity index (χ1v) is 12.0. The molecule has 6 nitrogen and oxygen atoms in total. The standard InChI is InChI=1S/C25H43NO5/c1-5-6-7-8-11-14-21-17-18-22(30-21)15-12-9-10-13-16-25(29)31-23(19-24(27)28)20-26(2,3)4/h17-18,23H,5-16,19-20H2,1-4H3/p+1. The highest BCUT2D eigenvalue weighted by molar-refractivity contribution is 5.71. The molecule has 0 saturated heterocycles. The Labute approximate surface area is 188 Å². The molecule has 0 aromatic carbocycles. The number of nitrogens with zero attached hydrogens (tertiary/aromatic N) is 1. The van der Waals surface area contributed by atoms with Crippen LogP contribution in [0.25, 0.3) is 0 Å². The van der Waals surface area contributed by atoms with Crippen LogP contribution in [-0.2, 0) is 27.2 Å². The molecule has 1 aromatic heterocycles. The fraction of sp³-hybridized carbons (Fsp3) is 0.760. The number of esters is 1. The van der Waals surface area contributed by atoms with E-state index >= 15 is 0 Å². The van der Waals surface area contributed by atoms with Crippen LogP contribution in [0.4, 0.5) is 0 Å². The number of likely N-dealkylation sites (N-methyl/N-ethyl adjacent to an activating group) is 1. The number of aliphatic carboxylic acids is 1. The number of carboxylic acids is 1. The van der Waals surface area contributed by atoms with Crippen molar-refractivity contribution < 1.29 is 28.3 Å². The summed E-state index contributed by atoms with van der Waals surface area (Å²) in [6, 6.07) is 4.20. The minimum absolute atomic E-state index is 0.148. The van der Waals surface area contributed by atoms with Crippen molar-refractivity contribution in [3.05, 3.63) is 23.7 Å². The van der Waals surface area contributed by atoms with Gasteiger partial charge in [-0.05, 0) is 31.4 Å². The first kappa shape index (κ1) is 27.2. The Morgan fingerprint density at radius 3 is 2.00 bits per heavy atom. The number of carboxylic acid groups (broad SMARTS) is 1. The molecule has 1 aromatic rings. The number of unbranched alkanes of at least 4 members (excludes halogenated alkanes) is 7. The van der Waals surface area contributed by atoms with E-state index in [1.807, 2.05) is 21.1 Å². The van der Waals surface area contributed by atoms with Crippen molar-refractivity contribution in [2.75, 3.05) is 27.7 Å². The lowest BCUT2D eigenvalue weighted by Gasteiger charge is -2.28. The summed E-state index contributed by atoms with van der Waals surface area (Å²) in [4.78, 5) is 23.1. The number of carbonyl (C=O) groups is 2. The fourth-order valence-corrected chi connectivity index (χ4v) is 3.71. The molecule has 178 valence electrons. The van der Waals surface area contributed by atoms with Gasteiger partial charge in [-0.1, -0.05) is 45.4 Å².